The molecule has 3 N–H and O–H groups in total. The van der Waals surface area contributed by atoms with Gasteiger partial charge in [-0.1, -0.05) is 0 Å². The standard InChI is InChI=1S/C13H22N4O2/c1-9(6-8-17(2)3)16-12-11(14)10(5-7-15-12)13(18)19-4/h5,7,9H,6,8,14H2,1-4H3,(H,15,16). The third-order valence-corrected chi connectivity index (χ3v) is 2.79. The Hall–Kier alpha value is -1.82. The number of hydrogen-bond donors (Lipinski definition) is 2. The summed E-state index contributed by atoms with van der Waals surface area (Å²) in [5.74, 6) is 0.0676. The van der Waals surface area contributed by atoms with Gasteiger partial charge in [0.05, 0.1) is 18.4 Å². The molecular weight excluding hydrogens is 244 g/mol. The van der Waals surface area contributed by atoms with Crippen molar-refractivity contribution in [2.45, 2.75) is 19.4 Å². The number of nitrogen functional groups attached to an aromatic ring is 1. The van der Waals surface area contributed by atoms with Gasteiger partial charge < -0.3 is 20.7 Å². The maximum Gasteiger partial charge on any atom is 0.340 e. The number of nitrogens with two attached hydrogens (primary N) is 1. The van der Waals surface area contributed by atoms with E-state index in [4.69, 9.17) is 5.73 Å². The molecule has 0 radical (unpaired) electrons. The SMILES string of the molecule is COC(=O)c1ccnc(NC(C)CCN(C)C)c1N. The van der Waals surface area contributed by atoms with Crippen molar-refractivity contribution < 1.29 is 9.53 Å². The van der Waals surface area contributed by atoms with Gasteiger partial charge in [0.2, 0.25) is 0 Å². The zero-order valence-electron chi connectivity index (χ0n) is 11.9. The molecule has 0 aliphatic carbocycles. The van der Waals surface area contributed by atoms with Crippen LogP contribution < -0.4 is 11.1 Å². The first-order valence-corrected chi connectivity index (χ1v) is 6.19. The molecule has 1 unspecified atom stereocenters. The molecule has 1 aromatic rings. The van der Waals surface area contributed by atoms with Crippen molar-refractivity contribution >= 4 is 17.5 Å². The molecule has 0 fully saturated rings. The minimum absolute atomic E-state index is 0.213. The highest BCUT2D eigenvalue weighted by Gasteiger charge is 2.15. The second-order valence-electron chi connectivity index (χ2n) is 4.75. The highest BCUT2D eigenvalue weighted by molar-refractivity contribution is 5.97. The Bertz CT molecular complexity index is 435. The van der Waals surface area contributed by atoms with Gasteiger partial charge in [-0.25, -0.2) is 9.78 Å². The first-order chi connectivity index (χ1) is 8.95. The smallest absolute Gasteiger partial charge is 0.340 e. The van der Waals surface area contributed by atoms with Gasteiger partial charge in [0, 0.05) is 12.2 Å². The van der Waals surface area contributed by atoms with Crippen LogP contribution in [-0.4, -0.2) is 49.6 Å². The van der Waals surface area contributed by atoms with E-state index in [9.17, 15) is 4.79 Å². The van der Waals surface area contributed by atoms with Crippen LogP contribution in [0.15, 0.2) is 12.3 Å². The van der Waals surface area contributed by atoms with Crippen molar-refractivity contribution in [1.29, 1.82) is 0 Å². The average molecular weight is 266 g/mol. The lowest BCUT2D eigenvalue weighted by molar-refractivity contribution is 0.0602. The number of ether oxygens (including phenoxy) is 1. The van der Waals surface area contributed by atoms with Gasteiger partial charge in [0.1, 0.15) is 5.82 Å². The van der Waals surface area contributed by atoms with Crippen LogP contribution in [0.25, 0.3) is 0 Å². The van der Waals surface area contributed by atoms with Gasteiger partial charge in [-0.2, -0.15) is 0 Å². The zero-order valence-corrected chi connectivity index (χ0v) is 11.9. The molecule has 0 spiro atoms. The van der Waals surface area contributed by atoms with Gasteiger partial charge in [-0.15, -0.1) is 0 Å². The largest absolute Gasteiger partial charge is 0.465 e. The van der Waals surface area contributed by atoms with Crippen LogP contribution in [0.3, 0.4) is 0 Å². The molecule has 0 aliphatic rings. The summed E-state index contributed by atoms with van der Waals surface area (Å²) in [6.07, 6.45) is 2.50. The average Bonchev–Trinajstić information content (AvgIpc) is 2.38. The fraction of sp³-hybridized carbons (Fsp3) is 0.538. The highest BCUT2D eigenvalue weighted by atomic mass is 16.5. The fourth-order valence-corrected chi connectivity index (χ4v) is 1.63. The van der Waals surface area contributed by atoms with E-state index in [1.165, 1.54) is 7.11 Å². The molecule has 0 saturated heterocycles. The molecule has 1 rings (SSSR count). The number of nitrogens with zero attached hydrogens (tertiary/aromatic N) is 2. The van der Waals surface area contributed by atoms with Crippen LogP contribution in [0, 0.1) is 0 Å². The quantitative estimate of drug-likeness (QED) is 0.753. The van der Waals surface area contributed by atoms with Crippen LogP contribution in [0.5, 0.6) is 0 Å². The summed E-state index contributed by atoms with van der Waals surface area (Å²) in [4.78, 5) is 17.8. The van der Waals surface area contributed by atoms with E-state index in [-0.39, 0.29) is 6.04 Å². The summed E-state index contributed by atoms with van der Waals surface area (Å²) in [6.45, 7) is 3.01. The molecule has 106 valence electrons. The molecule has 1 atom stereocenters. The first-order valence-electron chi connectivity index (χ1n) is 6.19. The summed E-state index contributed by atoms with van der Waals surface area (Å²) in [7, 11) is 5.38. The molecule has 0 bridgehead atoms. The lowest BCUT2D eigenvalue weighted by Crippen LogP contribution is -2.24. The molecule has 19 heavy (non-hydrogen) atoms. The molecule has 6 nitrogen and oxygen atoms in total. The summed E-state index contributed by atoms with van der Waals surface area (Å²) >= 11 is 0. The Labute approximate surface area is 113 Å². The molecule has 0 aromatic carbocycles. The van der Waals surface area contributed by atoms with Crippen molar-refractivity contribution in [3.05, 3.63) is 17.8 Å². The Morgan fingerprint density at radius 3 is 2.84 bits per heavy atom. The molecule has 0 saturated carbocycles. The maximum absolute atomic E-state index is 11.5. The van der Waals surface area contributed by atoms with Crippen LogP contribution in [0.2, 0.25) is 0 Å². The fourth-order valence-electron chi connectivity index (χ4n) is 1.63. The summed E-state index contributed by atoms with van der Waals surface area (Å²) in [6, 6.07) is 1.77. The number of methoxy groups -OCH3 is 1. The van der Waals surface area contributed by atoms with Gasteiger partial charge >= 0.3 is 5.97 Å². The third kappa shape index (κ3) is 4.40. The number of esters is 1. The number of pyridine rings is 1. The van der Waals surface area contributed by atoms with Gasteiger partial charge in [0.15, 0.2) is 0 Å². The van der Waals surface area contributed by atoms with E-state index in [1.54, 1.807) is 12.3 Å². The molecule has 0 aliphatic heterocycles. The zero-order chi connectivity index (χ0) is 14.4. The first kappa shape index (κ1) is 15.2. The number of hydrogen-bond acceptors (Lipinski definition) is 6. The van der Waals surface area contributed by atoms with Crippen molar-refractivity contribution in [3.8, 4) is 0 Å². The van der Waals surface area contributed by atoms with Gasteiger partial charge in [-0.3, -0.25) is 0 Å². The second kappa shape index (κ2) is 6.94. The van der Waals surface area contributed by atoms with E-state index in [1.807, 2.05) is 14.1 Å². The van der Waals surface area contributed by atoms with Gasteiger partial charge in [0.25, 0.3) is 0 Å². The lowest BCUT2D eigenvalue weighted by Gasteiger charge is -2.18. The number of rotatable bonds is 6. The molecule has 6 heteroatoms. The second-order valence-corrected chi connectivity index (χ2v) is 4.75. The minimum Gasteiger partial charge on any atom is -0.465 e. The van der Waals surface area contributed by atoms with E-state index < -0.39 is 5.97 Å². The normalized spacial score (nSPS) is 12.3. The van der Waals surface area contributed by atoms with E-state index in [2.05, 4.69) is 26.9 Å². The predicted molar refractivity (Wildman–Crippen MR) is 76.2 cm³/mol. The maximum atomic E-state index is 11.5. The lowest BCUT2D eigenvalue weighted by atomic mass is 10.2. The summed E-state index contributed by atoms with van der Waals surface area (Å²) in [5, 5.41) is 3.21. The van der Waals surface area contributed by atoms with Crippen LogP contribution >= 0.6 is 0 Å². The number of carbonyl (C=O) groups is 1. The number of anilines is 2. The van der Waals surface area contributed by atoms with Crippen LogP contribution in [-0.2, 0) is 4.74 Å². The molecule has 1 aromatic heterocycles. The number of carbonyl (C=O) groups excluding carboxylic acids is 1. The monoisotopic (exact) mass is 266 g/mol. The highest BCUT2D eigenvalue weighted by Crippen LogP contribution is 2.21. The molecular formula is C13H22N4O2. The molecule has 0 amide bonds. The Morgan fingerprint density at radius 2 is 2.26 bits per heavy atom. The van der Waals surface area contributed by atoms with Crippen molar-refractivity contribution in [3.63, 3.8) is 0 Å². The van der Waals surface area contributed by atoms with E-state index >= 15 is 0 Å². The topological polar surface area (TPSA) is 80.5 Å². The van der Waals surface area contributed by atoms with Gasteiger partial charge in [-0.05, 0) is 40.1 Å². The summed E-state index contributed by atoms with van der Waals surface area (Å²) in [5.41, 5.74) is 6.59. The molecule has 1 heterocycles. The van der Waals surface area contributed by atoms with Crippen molar-refractivity contribution in [2.75, 3.05) is 38.8 Å². The van der Waals surface area contributed by atoms with Crippen LogP contribution in [0.1, 0.15) is 23.7 Å². The Kier molecular flexibility index (Phi) is 5.57. The Morgan fingerprint density at radius 1 is 1.58 bits per heavy atom. The van der Waals surface area contributed by atoms with Crippen molar-refractivity contribution in [2.24, 2.45) is 0 Å². The number of aromatic nitrogens is 1. The minimum atomic E-state index is -0.455. The van der Waals surface area contributed by atoms with Crippen LogP contribution in [0.4, 0.5) is 11.5 Å². The Balaban J connectivity index is 2.76. The van der Waals surface area contributed by atoms with Crippen molar-refractivity contribution in [1.82, 2.24) is 9.88 Å². The summed E-state index contributed by atoms with van der Waals surface area (Å²) < 4.78 is 4.67. The van der Waals surface area contributed by atoms with E-state index in [0.29, 0.717) is 17.1 Å². The predicted octanol–water partition coefficient (Wildman–Crippen LogP) is 1.20. The number of nitrogens with one attached hydrogen (secondary N) is 1. The third-order valence-electron chi connectivity index (χ3n) is 2.79. The van der Waals surface area contributed by atoms with E-state index in [0.717, 1.165) is 13.0 Å².